The lowest BCUT2D eigenvalue weighted by Crippen LogP contribution is -2.14. The van der Waals surface area contributed by atoms with E-state index in [1.807, 2.05) is 10.9 Å². The van der Waals surface area contributed by atoms with Crippen LogP contribution in [0.25, 0.3) is 0 Å². The van der Waals surface area contributed by atoms with E-state index in [-0.39, 0.29) is 12.4 Å². The zero-order chi connectivity index (χ0) is 11.4. The molecule has 1 N–H and O–H groups in total. The van der Waals surface area contributed by atoms with Gasteiger partial charge in [0.1, 0.15) is 0 Å². The monoisotopic (exact) mass is 254 g/mol. The smallest absolute Gasteiger partial charge is 0.0534 e. The molecule has 0 aliphatic heterocycles. The van der Waals surface area contributed by atoms with Gasteiger partial charge in [0.2, 0.25) is 0 Å². The van der Waals surface area contributed by atoms with Gasteiger partial charge >= 0.3 is 0 Å². The van der Waals surface area contributed by atoms with Crippen LogP contribution < -0.4 is 5.32 Å². The molecule has 0 atom stereocenters. The fourth-order valence-electron chi connectivity index (χ4n) is 1.69. The number of aromatic nitrogens is 3. The normalized spacial score (nSPS) is 10.2. The Morgan fingerprint density at radius 2 is 2.18 bits per heavy atom. The Balaban J connectivity index is 0.00000144. The van der Waals surface area contributed by atoms with Gasteiger partial charge in [0.05, 0.1) is 6.20 Å². The second kappa shape index (κ2) is 6.47. The molecule has 2 rings (SSSR count). The van der Waals surface area contributed by atoms with E-state index in [1.54, 1.807) is 0 Å². The van der Waals surface area contributed by atoms with Gasteiger partial charge in [-0.15, -0.1) is 12.4 Å². The van der Waals surface area contributed by atoms with Gasteiger partial charge in [-0.25, -0.2) is 0 Å². The highest BCUT2D eigenvalue weighted by molar-refractivity contribution is 5.85. The molecule has 0 aromatic carbocycles. The lowest BCUT2D eigenvalue weighted by molar-refractivity contribution is 0.646. The van der Waals surface area contributed by atoms with Crippen LogP contribution in [0.3, 0.4) is 0 Å². The van der Waals surface area contributed by atoms with E-state index in [1.165, 1.54) is 11.3 Å². The van der Waals surface area contributed by atoms with E-state index in [0.29, 0.717) is 0 Å². The van der Waals surface area contributed by atoms with Crippen LogP contribution in [0.5, 0.6) is 0 Å². The number of rotatable bonds is 5. The molecule has 17 heavy (non-hydrogen) atoms. The van der Waals surface area contributed by atoms with Crippen LogP contribution in [0.1, 0.15) is 18.2 Å². The summed E-state index contributed by atoms with van der Waals surface area (Å²) in [4.78, 5) is 0. The molecule has 0 bridgehead atoms. The van der Waals surface area contributed by atoms with Crippen molar-refractivity contribution in [2.75, 3.05) is 0 Å². The van der Waals surface area contributed by atoms with Gasteiger partial charge in [0.25, 0.3) is 0 Å². The molecule has 0 amide bonds. The van der Waals surface area contributed by atoms with E-state index >= 15 is 0 Å². The van der Waals surface area contributed by atoms with Crippen molar-refractivity contribution in [3.05, 3.63) is 42.0 Å². The van der Waals surface area contributed by atoms with E-state index in [2.05, 4.69) is 53.5 Å². The van der Waals surface area contributed by atoms with Crippen molar-refractivity contribution < 1.29 is 0 Å². The number of hydrogen-bond acceptors (Lipinski definition) is 2. The lowest BCUT2D eigenvalue weighted by atomic mass is 10.3. The van der Waals surface area contributed by atoms with Gasteiger partial charge in [0, 0.05) is 50.3 Å². The topological polar surface area (TPSA) is 34.8 Å². The molecule has 0 aliphatic carbocycles. The third kappa shape index (κ3) is 3.61. The summed E-state index contributed by atoms with van der Waals surface area (Å²) >= 11 is 0. The first-order chi connectivity index (χ1) is 7.79. The highest BCUT2D eigenvalue weighted by Crippen LogP contribution is 2.01. The second-order valence-corrected chi connectivity index (χ2v) is 3.92. The molecule has 4 nitrogen and oxygen atoms in total. The fraction of sp³-hybridized carbons (Fsp3) is 0.417. The lowest BCUT2D eigenvalue weighted by Gasteiger charge is -2.04. The summed E-state index contributed by atoms with van der Waals surface area (Å²) in [5.41, 5.74) is 2.53. The highest BCUT2D eigenvalue weighted by atomic mass is 35.5. The minimum atomic E-state index is 0. The van der Waals surface area contributed by atoms with Crippen LogP contribution in [-0.4, -0.2) is 14.3 Å². The Kier molecular flexibility index (Phi) is 5.25. The average molecular weight is 255 g/mol. The van der Waals surface area contributed by atoms with Crippen LogP contribution in [0.2, 0.25) is 0 Å². The predicted molar refractivity (Wildman–Crippen MR) is 71.1 cm³/mol. The number of aryl methyl sites for hydroxylation is 2. The Bertz CT molecular complexity index is 447. The van der Waals surface area contributed by atoms with Crippen molar-refractivity contribution in [2.45, 2.75) is 26.6 Å². The third-order valence-corrected chi connectivity index (χ3v) is 2.70. The van der Waals surface area contributed by atoms with Crippen molar-refractivity contribution in [3.8, 4) is 0 Å². The maximum absolute atomic E-state index is 4.24. The summed E-state index contributed by atoms with van der Waals surface area (Å²) in [6.45, 7) is 4.78. The molecule has 2 aromatic heterocycles. The molecule has 0 fully saturated rings. The highest BCUT2D eigenvalue weighted by Gasteiger charge is 1.99. The second-order valence-electron chi connectivity index (χ2n) is 3.92. The van der Waals surface area contributed by atoms with Gasteiger partial charge in [-0.2, -0.15) is 5.10 Å². The van der Waals surface area contributed by atoms with Crippen molar-refractivity contribution >= 4 is 12.4 Å². The molecule has 94 valence electrons. The van der Waals surface area contributed by atoms with Gasteiger partial charge < -0.3 is 9.88 Å². The first-order valence-corrected chi connectivity index (χ1v) is 5.62. The number of hydrogen-bond donors (Lipinski definition) is 1. The molecule has 5 heteroatoms. The summed E-state index contributed by atoms with van der Waals surface area (Å²) in [5, 5.41) is 7.65. The van der Waals surface area contributed by atoms with Crippen molar-refractivity contribution in [1.29, 1.82) is 0 Å². The largest absolute Gasteiger partial charge is 0.353 e. The van der Waals surface area contributed by atoms with Crippen molar-refractivity contribution in [1.82, 2.24) is 19.7 Å². The third-order valence-electron chi connectivity index (χ3n) is 2.70. The van der Waals surface area contributed by atoms with Crippen LogP contribution in [0.4, 0.5) is 0 Å². The van der Waals surface area contributed by atoms with Crippen LogP contribution in [0.15, 0.2) is 30.7 Å². The van der Waals surface area contributed by atoms with Crippen LogP contribution in [0, 0.1) is 0 Å². The standard InChI is InChI=1S/C12H18N4.ClH/c1-3-16-10-11(8-14-16)7-13-9-12-5-4-6-15(12)2;/h4-6,8,10,13H,3,7,9H2,1-2H3;1H. The Hall–Kier alpha value is -1.26. The molecule has 0 unspecified atom stereocenters. The number of nitrogens with one attached hydrogen (secondary N) is 1. The summed E-state index contributed by atoms with van der Waals surface area (Å²) in [6, 6.07) is 4.19. The van der Waals surface area contributed by atoms with E-state index in [0.717, 1.165) is 19.6 Å². The molecule has 0 saturated heterocycles. The fourth-order valence-corrected chi connectivity index (χ4v) is 1.69. The van der Waals surface area contributed by atoms with Crippen LogP contribution in [-0.2, 0) is 26.7 Å². The van der Waals surface area contributed by atoms with Crippen molar-refractivity contribution in [3.63, 3.8) is 0 Å². The molecule has 0 spiro atoms. The maximum Gasteiger partial charge on any atom is 0.0534 e. The molecule has 0 aliphatic rings. The van der Waals surface area contributed by atoms with Gasteiger partial charge in [-0.05, 0) is 19.1 Å². The van der Waals surface area contributed by atoms with E-state index in [4.69, 9.17) is 0 Å². The molecular weight excluding hydrogens is 236 g/mol. The SMILES string of the molecule is CCn1cc(CNCc2cccn2C)cn1.Cl. The van der Waals surface area contributed by atoms with E-state index in [9.17, 15) is 0 Å². The molecule has 2 heterocycles. The van der Waals surface area contributed by atoms with Crippen molar-refractivity contribution in [2.24, 2.45) is 7.05 Å². The Morgan fingerprint density at radius 1 is 1.35 bits per heavy atom. The zero-order valence-corrected chi connectivity index (χ0v) is 11.1. The average Bonchev–Trinajstić information content (AvgIpc) is 2.89. The van der Waals surface area contributed by atoms with Gasteiger partial charge in [0.15, 0.2) is 0 Å². The first kappa shape index (κ1) is 13.8. The Morgan fingerprint density at radius 3 is 2.76 bits per heavy atom. The molecule has 2 aromatic rings. The summed E-state index contributed by atoms with van der Waals surface area (Å²) in [7, 11) is 2.06. The minimum Gasteiger partial charge on any atom is -0.353 e. The summed E-state index contributed by atoms with van der Waals surface area (Å²) < 4.78 is 4.07. The van der Waals surface area contributed by atoms with Gasteiger partial charge in [-0.3, -0.25) is 4.68 Å². The molecular formula is C12H19ClN4. The predicted octanol–water partition coefficient (Wildman–Crippen LogP) is 1.95. The first-order valence-electron chi connectivity index (χ1n) is 5.62. The molecule has 0 radical (unpaired) electrons. The van der Waals surface area contributed by atoms with Gasteiger partial charge in [-0.1, -0.05) is 0 Å². The zero-order valence-electron chi connectivity index (χ0n) is 10.3. The van der Waals surface area contributed by atoms with Crippen LogP contribution >= 0.6 is 12.4 Å². The number of nitrogens with zero attached hydrogens (tertiary/aromatic N) is 3. The molecule has 0 saturated carbocycles. The van der Waals surface area contributed by atoms with E-state index < -0.39 is 0 Å². The number of halogens is 1. The quantitative estimate of drug-likeness (QED) is 0.885. The summed E-state index contributed by atoms with van der Waals surface area (Å²) in [6.07, 6.45) is 6.06. The Labute approximate surface area is 108 Å². The maximum atomic E-state index is 4.24. The minimum absolute atomic E-state index is 0. The summed E-state index contributed by atoms with van der Waals surface area (Å²) in [5.74, 6) is 0.